The van der Waals surface area contributed by atoms with Crippen molar-refractivity contribution in [2.75, 3.05) is 0 Å². The monoisotopic (exact) mass is 476 g/mol. The fourth-order valence-corrected chi connectivity index (χ4v) is 4.31. The molecule has 0 aliphatic carbocycles. The average molecular weight is 477 g/mol. The Bertz CT molecular complexity index is 1530. The van der Waals surface area contributed by atoms with Crippen molar-refractivity contribution in [3.63, 3.8) is 0 Å². The van der Waals surface area contributed by atoms with Crippen LogP contribution < -0.4 is 0 Å². The average Bonchev–Trinajstić information content (AvgIpc) is 3.36. The molecule has 0 unspecified atom stereocenters. The van der Waals surface area contributed by atoms with E-state index in [4.69, 9.17) is 4.74 Å². The zero-order chi connectivity index (χ0) is 25.3. The second-order valence-electron chi connectivity index (χ2n) is 9.86. The van der Waals surface area contributed by atoms with Crippen LogP contribution in [0.15, 0.2) is 85.1 Å². The number of hydrogen-bond acceptors (Lipinski definition) is 5. The van der Waals surface area contributed by atoms with E-state index in [1.165, 1.54) is 5.56 Å². The van der Waals surface area contributed by atoms with Gasteiger partial charge in [0.1, 0.15) is 12.3 Å². The molecule has 0 saturated carbocycles. The van der Waals surface area contributed by atoms with Crippen LogP contribution in [0.4, 0.5) is 0 Å². The van der Waals surface area contributed by atoms with Gasteiger partial charge in [0.25, 0.3) is 0 Å². The topological polar surface area (TPSA) is 69.9 Å². The molecular formula is C30H28N4O2. The number of para-hydroxylation sites is 1. The summed E-state index contributed by atoms with van der Waals surface area (Å²) in [6.45, 7) is 8.39. The third-order valence-electron chi connectivity index (χ3n) is 6.23. The molecule has 6 heteroatoms. The van der Waals surface area contributed by atoms with Gasteiger partial charge in [-0.15, -0.1) is 5.10 Å². The van der Waals surface area contributed by atoms with Gasteiger partial charge >= 0.3 is 5.97 Å². The second-order valence-corrected chi connectivity index (χ2v) is 9.86. The summed E-state index contributed by atoms with van der Waals surface area (Å²) in [6.07, 6.45) is 1.78. The first-order valence-electron chi connectivity index (χ1n) is 12.0. The number of hydrogen-bond donors (Lipinski definition) is 0. The van der Waals surface area contributed by atoms with E-state index in [1.54, 1.807) is 10.9 Å². The summed E-state index contributed by atoms with van der Waals surface area (Å²) in [5.41, 5.74) is 6.48. The Morgan fingerprint density at radius 1 is 0.917 bits per heavy atom. The maximum absolute atomic E-state index is 13.4. The highest BCUT2D eigenvalue weighted by molar-refractivity contribution is 6.07. The van der Waals surface area contributed by atoms with E-state index >= 15 is 0 Å². The minimum absolute atomic E-state index is 0.0133. The summed E-state index contributed by atoms with van der Waals surface area (Å²) in [5, 5.41) is 9.33. The fraction of sp³-hybridized carbons (Fsp3) is 0.200. The first kappa shape index (κ1) is 23.4. The first-order valence-corrected chi connectivity index (χ1v) is 12.0. The minimum atomic E-state index is -0.436. The molecule has 0 radical (unpaired) electrons. The summed E-state index contributed by atoms with van der Waals surface area (Å²) in [5.74, 6) is -0.436. The van der Waals surface area contributed by atoms with Crippen LogP contribution in [0.25, 0.3) is 27.7 Å². The molecule has 0 saturated heterocycles. The quantitative estimate of drug-likeness (QED) is 0.273. The van der Waals surface area contributed by atoms with E-state index in [0.29, 0.717) is 17.0 Å². The van der Waals surface area contributed by atoms with Crippen molar-refractivity contribution in [3.8, 4) is 16.8 Å². The van der Waals surface area contributed by atoms with Crippen LogP contribution in [0.1, 0.15) is 48.1 Å². The molecule has 180 valence electrons. The number of ether oxygens (including phenoxy) is 1. The van der Waals surface area contributed by atoms with Gasteiger partial charge in [-0.3, -0.25) is 4.98 Å². The third-order valence-corrected chi connectivity index (χ3v) is 6.23. The van der Waals surface area contributed by atoms with Gasteiger partial charge in [0.2, 0.25) is 0 Å². The number of nitrogens with zero attached hydrogens (tertiary/aromatic N) is 4. The van der Waals surface area contributed by atoms with E-state index in [9.17, 15) is 4.79 Å². The Labute approximate surface area is 210 Å². The van der Waals surface area contributed by atoms with Gasteiger partial charge in [0.05, 0.1) is 28.7 Å². The fourth-order valence-electron chi connectivity index (χ4n) is 4.31. The van der Waals surface area contributed by atoms with Crippen molar-refractivity contribution < 1.29 is 9.53 Å². The van der Waals surface area contributed by atoms with Crippen LogP contribution in [0, 0.1) is 6.92 Å². The lowest BCUT2D eigenvalue weighted by molar-refractivity contribution is 0.0467. The van der Waals surface area contributed by atoms with Gasteiger partial charge in [-0.25, -0.2) is 9.48 Å². The number of aromatic nitrogens is 4. The Morgan fingerprint density at radius 3 is 2.33 bits per heavy atom. The second kappa shape index (κ2) is 9.38. The number of pyridine rings is 1. The summed E-state index contributed by atoms with van der Waals surface area (Å²) in [7, 11) is 0. The number of esters is 1. The van der Waals surface area contributed by atoms with Gasteiger partial charge < -0.3 is 4.74 Å². The largest absolute Gasteiger partial charge is 0.455 e. The highest BCUT2D eigenvalue weighted by Crippen LogP contribution is 2.33. The number of rotatable bonds is 5. The number of benzene rings is 3. The van der Waals surface area contributed by atoms with E-state index < -0.39 is 5.97 Å². The summed E-state index contributed by atoms with van der Waals surface area (Å²) < 4.78 is 7.41. The smallest absolute Gasteiger partial charge is 0.341 e. The maximum atomic E-state index is 13.4. The van der Waals surface area contributed by atoms with Gasteiger partial charge in [-0.05, 0) is 41.7 Å². The molecule has 0 atom stereocenters. The highest BCUT2D eigenvalue weighted by atomic mass is 16.5. The predicted octanol–water partition coefficient (Wildman–Crippen LogP) is 6.45. The molecule has 0 bridgehead atoms. The lowest BCUT2D eigenvalue weighted by Gasteiger charge is -2.19. The Kier molecular flexibility index (Phi) is 6.10. The molecule has 36 heavy (non-hydrogen) atoms. The SMILES string of the molecule is Cc1nc2ccccc2c(-c2ccccc2)c1C(=O)OCc1cn(-c2ccc(C(C)(C)C)cc2)nn1. The van der Waals surface area contributed by atoms with Crippen LogP contribution in [-0.4, -0.2) is 25.9 Å². The van der Waals surface area contributed by atoms with E-state index in [-0.39, 0.29) is 12.0 Å². The number of carbonyl (C=O) groups is 1. The number of fused-ring (bicyclic) bond motifs is 1. The molecular weight excluding hydrogens is 448 g/mol. The van der Waals surface area contributed by atoms with Crippen molar-refractivity contribution in [2.24, 2.45) is 0 Å². The van der Waals surface area contributed by atoms with Crippen molar-refractivity contribution >= 4 is 16.9 Å². The van der Waals surface area contributed by atoms with E-state index in [0.717, 1.165) is 27.7 Å². The van der Waals surface area contributed by atoms with Crippen LogP contribution in [0.2, 0.25) is 0 Å². The predicted molar refractivity (Wildman–Crippen MR) is 141 cm³/mol. The Morgan fingerprint density at radius 2 is 1.61 bits per heavy atom. The summed E-state index contributed by atoms with van der Waals surface area (Å²) in [6, 6.07) is 25.9. The molecule has 0 N–H and O–H groups in total. The standard InChI is InChI=1S/C30H28N4O2/c1-20-27(28(21-10-6-5-7-11-21)25-12-8-9-13-26(25)31-20)29(35)36-19-23-18-34(33-32-23)24-16-14-22(15-17-24)30(2,3)4/h5-18H,19H2,1-4H3. The number of carbonyl (C=O) groups excluding carboxylic acids is 1. The van der Waals surface area contributed by atoms with Crippen molar-refractivity contribution in [3.05, 3.63) is 108 Å². The third kappa shape index (κ3) is 4.62. The van der Waals surface area contributed by atoms with E-state index in [1.807, 2.05) is 73.7 Å². The highest BCUT2D eigenvalue weighted by Gasteiger charge is 2.22. The molecule has 3 aromatic carbocycles. The minimum Gasteiger partial charge on any atom is -0.455 e. The zero-order valence-electron chi connectivity index (χ0n) is 20.9. The lowest BCUT2D eigenvalue weighted by atomic mass is 9.87. The van der Waals surface area contributed by atoms with E-state index in [2.05, 4.69) is 48.2 Å². The van der Waals surface area contributed by atoms with Crippen LogP contribution in [-0.2, 0) is 16.8 Å². The molecule has 6 nitrogen and oxygen atoms in total. The molecule has 2 heterocycles. The van der Waals surface area contributed by atoms with Gasteiger partial charge in [0.15, 0.2) is 0 Å². The molecule has 0 amide bonds. The van der Waals surface area contributed by atoms with Gasteiger partial charge in [-0.1, -0.05) is 86.6 Å². The van der Waals surface area contributed by atoms with Crippen LogP contribution >= 0.6 is 0 Å². The first-order chi connectivity index (χ1) is 17.3. The molecule has 0 aliphatic heterocycles. The van der Waals surface area contributed by atoms with Crippen molar-refractivity contribution in [1.29, 1.82) is 0 Å². The Balaban J connectivity index is 1.41. The van der Waals surface area contributed by atoms with Crippen molar-refractivity contribution in [2.45, 2.75) is 39.7 Å². The number of aryl methyl sites for hydroxylation is 1. The van der Waals surface area contributed by atoms with Crippen molar-refractivity contribution in [1.82, 2.24) is 20.0 Å². The zero-order valence-corrected chi connectivity index (χ0v) is 20.9. The molecule has 2 aromatic heterocycles. The maximum Gasteiger partial charge on any atom is 0.341 e. The lowest BCUT2D eigenvalue weighted by Crippen LogP contribution is -2.11. The molecule has 0 aliphatic rings. The molecule has 0 fully saturated rings. The molecule has 0 spiro atoms. The van der Waals surface area contributed by atoms with Crippen LogP contribution in [0.3, 0.4) is 0 Å². The summed E-state index contributed by atoms with van der Waals surface area (Å²) in [4.78, 5) is 18.0. The van der Waals surface area contributed by atoms with Crippen LogP contribution in [0.5, 0.6) is 0 Å². The molecule has 5 rings (SSSR count). The van der Waals surface area contributed by atoms with Gasteiger partial charge in [0, 0.05) is 10.9 Å². The van der Waals surface area contributed by atoms with Gasteiger partial charge in [-0.2, -0.15) is 0 Å². The molecule has 5 aromatic rings. The normalized spacial score (nSPS) is 11.6. The Hall–Kier alpha value is -4.32. The summed E-state index contributed by atoms with van der Waals surface area (Å²) >= 11 is 0.